The van der Waals surface area contributed by atoms with Crippen LogP contribution in [-0.4, -0.2) is 42.5 Å². The standard InChI is InChI=1S/C13H19NO4/c1-18-12-4-2-3-10(7-12)5-6-13(17)14-11(8-15)9-16/h2-4,7,11,15-16H,5-6,8-9H2,1H3,(H,14,17). The third-order valence-corrected chi connectivity index (χ3v) is 2.58. The van der Waals surface area contributed by atoms with Crippen LogP contribution in [0.5, 0.6) is 5.75 Å². The van der Waals surface area contributed by atoms with E-state index in [1.165, 1.54) is 0 Å². The molecule has 18 heavy (non-hydrogen) atoms. The molecule has 0 atom stereocenters. The Morgan fingerprint density at radius 3 is 2.72 bits per heavy atom. The topological polar surface area (TPSA) is 78.8 Å². The van der Waals surface area contributed by atoms with Crippen LogP contribution in [0.1, 0.15) is 12.0 Å². The van der Waals surface area contributed by atoms with Crippen molar-refractivity contribution in [1.29, 1.82) is 0 Å². The number of rotatable bonds is 7. The molecule has 0 saturated carbocycles. The van der Waals surface area contributed by atoms with Crippen molar-refractivity contribution in [2.75, 3.05) is 20.3 Å². The molecular formula is C13H19NO4. The predicted octanol–water partition coefficient (Wildman–Crippen LogP) is 0.0972. The van der Waals surface area contributed by atoms with Crippen LogP contribution in [0.3, 0.4) is 0 Å². The highest BCUT2D eigenvalue weighted by molar-refractivity contribution is 5.76. The minimum absolute atomic E-state index is 0.189. The van der Waals surface area contributed by atoms with Crippen LogP contribution in [0.15, 0.2) is 24.3 Å². The number of aliphatic hydroxyl groups is 2. The zero-order valence-corrected chi connectivity index (χ0v) is 10.4. The van der Waals surface area contributed by atoms with Gasteiger partial charge in [-0.05, 0) is 24.1 Å². The van der Waals surface area contributed by atoms with E-state index >= 15 is 0 Å². The second-order valence-electron chi connectivity index (χ2n) is 3.98. The van der Waals surface area contributed by atoms with Crippen LogP contribution >= 0.6 is 0 Å². The molecule has 0 heterocycles. The number of carbonyl (C=O) groups excluding carboxylic acids is 1. The molecule has 1 aromatic rings. The van der Waals surface area contributed by atoms with Crippen molar-refractivity contribution in [2.45, 2.75) is 18.9 Å². The molecule has 0 bridgehead atoms. The summed E-state index contributed by atoms with van der Waals surface area (Å²) in [6.45, 7) is -0.525. The number of hydrogen-bond acceptors (Lipinski definition) is 4. The van der Waals surface area contributed by atoms with Crippen LogP contribution < -0.4 is 10.1 Å². The molecule has 5 heteroatoms. The summed E-state index contributed by atoms with van der Waals surface area (Å²) in [5, 5.41) is 20.2. The van der Waals surface area contributed by atoms with Crippen molar-refractivity contribution in [3.8, 4) is 5.75 Å². The minimum Gasteiger partial charge on any atom is -0.497 e. The van der Waals surface area contributed by atoms with Crippen molar-refractivity contribution in [3.63, 3.8) is 0 Å². The quantitative estimate of drug-likeness (QED) is 0.644. The van der Waals surface area contributed by atoms with E-state index in [4.69, 9.17) is 14.9 Å². The van der Waals surface area contributed by atoms with Gasteiger partial charge in [-0.3, -0.25) is 4.79 Å². The Morgan fingerprint density at radius 1 is 1.39 bits per heavy atom. The van der Waals surface area contributed by atoms with Gasteiger partial charge in [-0.15, -0.1) is 0 Å². The lowest BCUT2D eigenvalue weighted by molar-refractivity contribution is -0.122. The van der Waals surface area contributed by atoms with E-state index in [9.17, 15) is 4.79 Å². The molecule has 0 aliphatic heterocycles. The summed E-state index contributed by atoms with van der Waals surface area (Å²) in [4.78, 5) is 11.5. The molecule has 0 radical (unpaired) electrons. The van der Waals surface area contributed by atoms with Crippen LogP contribution in [-0.2, 0) is 11.2 Å². The van der Waals surface area contributed by atoms with Gasteiger partial charge < -0.3 is 20.3 Å². The fourth-order valence-corrected chi connectivity index (χ4v) is 1.53. The van der Waals surface area contributed by atoms with Crippen LogP contribution in [0.25, 0.3) is 0 Å². The highest BCUT2D eigenvalue weighted by Gasteiger charge is 2.09. The second kappa shape index (κ2) is 7.68. The maximum Gasteiger partial charge on any atom is 0.220 e. The molecule has 1 aromatic carbocycles. The summed E-state index contributed by atoms with van der Waals surface area (Å²) in [7, 11) is 1.60. The third-order valence-electron chi connectivity index (χ3n) is 2.58. The van der Waals surface area contributed by atoms with Gasteiger partial charge in [0, 0.05) is 6.42 Å². The number of benzene rings is 1. The molecule has 0 unspecified atom stereocenters. The normalized spacial score (nSPS) is 10.4. The first-order valence-electron chi connectivity index (χ1n) is 5.83. The average Bonchev–Trinajstić information content (AvgIpc) is 2.42. The molecule has 1 amide bonds. The Hall–Kier alpha value is -1.59. The zero-order valence-electron chi connectivity index (χ0n) is 10.4. The first kappa shape index (κ1) is 14.5. The molecule has 0 aliphatic carbocycles. The van der Waals surface area contributed by atoms with Crippen molar-refractivity contribution in [1.82, 2.24) is 5.32 Å². The summed E-state index contributed by atoms with van der Waals surface area (Å²) in [5.74, 6) is 0.572. The molecule has 100 valence electrons. The fraction of sp³-hybridized carbons (Fsp3) is 0.462. The van der Waals surface area contributed by atoms with Gasteiger partial charge in [0.2, 0.25) is 5.91 Å². The van der Waals surface area contributed by atoms with Gasteiger partial charge in [-0.2, -0.15) is 0 Å². The van der Waals surface area contributed by atoms with E-state index in [1.807, 2.05) is 24.3 Å². The van der Waals surface area contributed by atoms with Gasteiger partial charge in [0.05, 0.1) is 26.4 Å². The molecular weight excluding hydrogens is 234 g/mol. The summed E-state index contributed by atoms with van der Waals surface area (Å²) < 4.78 is 5.09. The number of aryl methyl sites for hydroxylation is 1. The molecule has 1 rings (SSSR count). The van der Waals surface area contributed by atoms with E-state index in [-0.39, 0.29) is 19.1 Å². The highest BCUT2D eigenvalue weighted by Crippen LogP contribution is 2.13. The monoisotopic (exact) mass is 253 g/mol. The van der Waals surface area contributed by atoms with Crippen molar-refractivity contribution in [2.24, 2.45) is 0 Å². The Balaban J connectivity index is 2.42. The summed E-state index contributed by atoms with van der Waals surface area (Å²) in [6.07, 6.45) is 0.899. The number of amides is 1. The fourth-order valence-electron chi connectivity index (χ4n) is 1.53. The number of hydrogen-bond donors (Lipinski definition) is 3. The molecule has 0 aliphatic rings. The van der Waals surface area contributed by atoms with Crippen LogP contribution in [0.4, 0.5) is 0 Å². The number of nitrogens with one attached hydrogen (secondary N) is 1. The Morgan fingerprint density at radius 2 is 2.11 bits per heavy atom. The van der Waals surface area contributed by atoms with Crippen LogP contribution in [0.2, 0.25) is 0 Å². The summed E-state index contributed by atoms with van der Waals surface area (Å²) in [5.41, 5.74) is 1.01. The van der Waals surface area contributed by atoms with Gasteiger partial charge in [-0.25, -0.2) is 0 Å². The maximum absolute atomic E-state index is 11.5. The Bertz CT molecular complexity index is 377. The number of aliphatic hydroxyl groups excluding tert-OH is 2. The lowest BCUT2D eigenvalue weighted by atomic mass is 10.1. The molecule has 0 saturated heterocycles. The predicted molar refractivity (Wildman–Crippen MR) is 67.4 cm³/mol. The summed E-state index contributed by atoms with van der Waals surface area (Å²) in [6, 6.07) is 6.93. The lowest BCUT2D eigenvalue weighted by Crippen LogP contribution is -2.40. The van der Waals surface area contributed by atoms with Gasteiger partial charge in [0.1, 0.15) is 5.75 Å². The number of methoxy groups -OCH3 is 1. The van der Waals surface area contributed by atoms with Crippen molar-refractivity contribution >= 4 is 5.91 Å². The van der Waals surface area contributed by atoms with E-state index in [2.05, 4.69) is 5.32 Å². The van der Waals surface area contributed by atoms with Gasteiger partial charge in [-0.1, -0.05) is 12.1 Å². The minimum atomic E-state index is -0.581. The SMILES string of the molecule is COc1cccc(CCC(=O)NC(CO)CO)c1. The first-order valence-corrected chi connectivity index (χ1v) is 5.83. The molecule has 0 spiro atoms. The Labute approximate surface area is 106 Å². The largest absolute Gasteiger partial charge is 0.497 e. The van der Waals surface area contributed by atoms with E-state index < -0.39 is 6.04 Å². The zero-order chi connectivity index (χ0) is 13.4. The lowest BCUT2D eigenvalue weighted by Gasteiger charge is -2.13. The van der Waals surface area contributed by atoms with Gasteiger partial charge >= 0.3 is 0 Å². The smallest absolute Gasteiger partial charge is 0.220 e. The van der Waals surface area contributed by atoms with Gasteiger partial charge in [0.15, 0.2) is 0 Å². The van der Waals surface area contributed by atoms with E-state index in [0.29, 0.717) is 12.8 Å². The second-order valence-corrected chi connectivity index (χ2v) is 3.98. The molecule has 0 aromatic heterocycles. The van der Waals surface area contributed by atoms with E-state index in [1.54, 1.807) is 7.11 Å². The van der Waals surface area contributed by atoms with Crippen LogP contribution in [0, 0.1) is 0 Å². The maximum atomic E-state index is 11.5. The number of ether oxygens (including phenoxy) is 1. The highest BCUT2D eigenvalue weighted by atomic mass is 16.5. The molecule has 5 nitrogen and oxygen atoms in total. The first-order chi connectivity index (χ1) is 8.69. The third kappa shape index (κ3) is 4.73. The van der Waals surface area contributed by atoms with Gasteiger partial charge in [0.25, 0.3) is 0 Å². The van der Waals surface area contributed by atoms with Crippen molar-refractivity contribution < 1.29 is 19.7 Å². The van der Waals surface area contributed by atoms with E-state index in [0.717, 1.165) is 11.3 Å². The molecule has 0 fully saturated rings. The van der Waals surface area contributed by atoms with Crippen molar-refractivity contribution in [3.05, 3.63) is 29.8 Å². The molecule has 3 N–H and O–H groups in total. The summed E-state index contributed by atoms with van der Waals surface area (Å²) >= 11 is 0. The number of carbonyl (C=O) groups is 1. The average molecular weight is 253 g/mol. The Kier molecular flexibility index (Phi) is 6.18.